The number of phosphoric ester groups is 1. The van der Waals surface area contributed by atoms with Crippen molar-refractivity contribution in [3.05, 3.63) is 113 Å². The van der Waals surface area contributed by atoms with Crippen molar-refractivity contribution in [3.63, 3.8) is 0 Å². The molecule has 1 saturated heterocycles. The van der Waals surface area contributed by atoms with E-state index in [0.29, 0.717) is 19.5 Å². The fourth-order valence-electron chi connectivity index (χ4n) is 5.90. The SMILES string of the molecule is O=C(CCCCCCCCc1ccc(C2=CCCCC2)cc1)N1CC(OP(=O)(OCc2ccccc2)OCc2ccccc2)C1. The monoisotopic (exact) mass is 629 g/mol. The van der Waals surface area contributed by atoms with E-state index in [0.717, 1.165) is 36.8 Å². The number of carbonyl (C=O) groups excluding carboxylic acids is 1. The molecule has 0 N–H and O–H groups in total. The zero-order valence-corrected chi connectivity index (χ0v) is 27.4. The minimum absolute atomic E-state index is 0.119. The first-order valence-corrected chi connectivity index (χ1v) is 18.2. The number of aryl methyl sites for hydroxylation is 1. The van der Waals surface area contributed by atoms with Crippen LogP contribution >= 0.6 is 7.82 Å². The highest BCUT2D eigenvalue weighted by atomic mass is 31.2. The molecule has 0 unspecified atom stereocenters. The van der Waals surface area contributed by atoms with Crippen LogP contribution in [0.4, 0.5) is 0 Å². The molecule has 240 valence electrons. The van der Waals surface area contributed by atoms with Crippen molar-refractivity contribution in [3.8, 4) is 0 Å². The van der Waals surface area contributed by atoms with Crippen molar-refractivity contribution < 1.29 is 22.9 Å². The van der Waals surface area contributed by atoms with Crippen LogP contribution in [0.2, 0.25) is 0 Å². The van der Waals surface area contributed by atoms with E-state index in [2.05, 4.69) is 30.3 Å². The summed E-state index contributed by atoms with van der Waals surface area (Å²) in [6.07, 6.45) is 15.6. The summed E-state index contributed by atoms with van der Waals surface area (Å²) in [5, 5.41) is 0. The van der Waals surface area contributed by atoms with Gasteiger partial charge in [-0.1, -0.05) is 117 Å². The van der Waals surface area contributed by atoms with Gasteiger partial charge in [-0.05, 0) is 72.8 Å². The molecule has 6 nitrogen and oxygen atoms in total. The van der Waals surface area contributed by atoms with Gasteiger partial charge in [-0.3, -0.25) is 18.4 Å². The van der Waals surface area contributed by atoms with Crippen LogP contribution in [0.25, 0.3) is 5.57 Å². The topological polar surface area (TPSA) is 65.1 Å². The molecule has 0 spiro atoms. The molecule has 2 aliphatic rings. The Morgan fingerprint density at radius 1 is 0.711 bits per heavy atom. The van der Waals surface area contributed by atoms with Crippen LogP contribution in [0.15, 0.2) is 91.0 Å². The number of allylic oxidation sites excluding steroid dienone is 2. The van der Waals surface area contributed by atoms with E-state index < -0.39 is 7.82 Å². The average Bonchev–Trinajstić information content (AvgIpc) is 3.07. The standard InChI is InChI=1S/C38H48NO5P/c40-38(23-15-4-2-1-3-8-16-32-24-26-36(27-25-32)35-21-13-7-14-22-35)39-28-37(29-39)44-45(41,42-30-33-17-9-5-10-18-33)43-31-34-19-11-6-12-20-34/h5-6,9-12,17-21,24-27,37H,1-4,7-8,13-16,22-23,28-31H2. The second-order valence-corrected chi connectivity index (χ2v) is 13.9. The molecule has 0 bridgehead atoms. The highest BCUT2D eigenvalue weighted by Gasteiger charge is 2.39. The predicted octanol–water partition coefficient (Wildman–Crippen LogP) is 9.69. The van der Waals surface area contributed by atoms with E-state index in [1.165, 1.54) is 61.6 Å². The molecule has 3 aromatic rings. The number of unbranched alkanes of at least 4 members (excludes halogenated alkanes) is 5. The second kappa shape index (κ2) is 17.6. The number of carbonyl (C=O) groups is 1. The van der Waals surface area contributed by atoms with Crippen molar-refractivity contribution in [2.24, 2.45) is 0 Å². The Hall–Kier alpha value is -3.02. The Morgan fingerprint density at radius 2 is 1.31 bits per heavy atom. The van der Waals surface area contributed by atoms with Crippen molar-refractivity contribution in [2.75, 3.05) is 13.1 Å². The van der Waals surface area contributed by atoms with Crippen LogP contribution in [-0.4, -0.2) is 30.0 Å². The van der Waals surface area contributed by atoms with Crippen molar-refractivity contribution in [2.45, 2.75) is 96.4 Å². The number of rotatable bonds is 18. The molecule has 45 heavy (non-hydrogen) atoms. The third-order valence-electron chi connectivity index (χ3n) is 8.67. The summed E-state index contributed by atoms with van der Waals surface area (Å²) in [5.74, 6) is 0.132. The van der Waals surface area contributed by atoms with Gasteiger partial charge in [0.1, 0.15) is 6.10 Å². The molecule has 1 fully saturated rings. The fourth-order valence-corrected chi connectivity index (χ4v) is 7.21. The lowest BCUT2D eigenvalue weighted by Crippen LogP contribution is -2.54. The summed E-state index contributed by atoms with van der Waals surface area (Å²) in [5.41, 5.74) is 6.11. The number of benzene rings is 3. The molecule has 0 radical (unpaired) electrons. The fraction of sp³-hybridized carbons (Fsp3) is 0.447. The maximum atomic E-state index is 13.5. The third kappa shape index (κ3) is 11.1. The first-order chi connectivity index (χ1) is 22.1. The maximum absolute atomic E-state index is 13.5. The minimum Gasteiger partial charge on any atom is -0.337 e. The number of phosphoric acid groups is 1. The van der Waals surface area contributed by atoms with Crippen molar-refractivity contribution >= 4 is 19.3 Å². The van der Waals surface area contributed by atoms with Crippen LogP contribution < -0.4 is 0 Å². The Morgan fingerprint density at radius 3 is 1.91 bits per heavy atom. The van der Waals surface area contributed by atoms with E-state index in [4.69, 9.17) is 13.6 Å². The molecular weight excluding hydrogens is 581 g/mol. The van der Waals surface area contributed by atoms with Crippen LogP contribution in [-0.2, 0) is 42.6 Å². The second-order valence-electron chi connectivity index (χ2n) is 12.3. The maximum Gasteiger partial charge on any atom is 0.475 e. The van der Waals surface area contributed by atoms with Gasteiger partial charge in [-0.25, -0.2) is 4.57 Å². The Kier molecular flexibility index (Phi) is 13.1. The highest BCUT2D eigenvalue weighted by Crippen LogP contribution is 2.53. The first-order valence-electron chi connectivity index (χ1n) is 16.8. The molecule has 1 aliphatic heterocycles. The predicted molar refractivity (Wildman–Crippen MR) is 180 cm³/mol. The first kappa shape index (κ1) is 33.3. The molecule has 0 atom stereocenters. The lowest BCUT2D eigenvalue weighted by Gasteiger charge is -2.39. The lowest BCUT2D eigenvalue weighted by molar-refractivity contribution is -0.141. The van der Waals surface area contributed by atoms with Crippen LogP contribution in [0.5, 0.6) is 0 Å². The molecule has 1 aliphatic carbocycles. The van der Waals surface area contributed by atoms with Gasteiger partial charge in [0.2, 0.25) is 5.91 Å². The van der Waals surface area contributed by atoms with E-state index in [1.54, 1.807) is 4.90 Å². The van der Waals surface area contributed by atoms with Gasteiger partial charge in [0.15, 0.2) is 0 Å². The normalized spacial score (nSPS) is 15.5. The smallest absolute Gasteiger partial charge is 0.337 e. The molecule has 0 aromatic heterocycles. The van der Waals surface area contributed by atoms with Crippen molar-refractivity contribution in [1.82, 2.24) is 4.90 Å². The third-order valence-corrected chi connectivity index (χ3v) is 10.1. The average molecular weight is 630 g/mol. The molecular formula is C38H48NO5P. The zero-order chi connectivity index (χ0) is 31.2. The summed E-state index contributed by atoms with van der Waals surface area (Å²) in [4.78, 5) is 14.5. The van der Waals surface area contributed by atoms with Gasteiger partial charge < -0.3 is 4.90 Å². The molecule has 1 amide bonds. The Balaban J connectivity index is 0.940. The summed E-state index contributed by atoms with van der Waals surface area (Å²) in [6, 6.07) is 28.3. The van der Waals surface area contributed by atoms with Crippen molar-refractivity contribution in [1.29, 1.82) is 0 Å². The number of nitrogens with zero attached hydrogens (tertiary/aromatic N) is 1. The number of hydrogen-bond acceptors (Lipinski definition) is 5. The number of hydrogen-bond donors (Lipinski definition) is 0. The van der Waals surface area contributed by atoms with Gasteiger partial charge in [0.05, 0.1) is 13.2 Å². The largest absolute Gasteiger partial charge is 0.475 e. The van der Waals surface area contributed by atoms with Crippen LogP contribution in [0.1, 0.15) is 92.9 Å². The Bertz CT molecular complexity index is 1340. The quantitative estimate of drug-likeness (QED) is 0.104. The minimum atomic E-state index is -3.84. The van der Waals surface area contributed by atoms with Crippen LogP contribution in [0, 0.1) is 0 Å². The van der Waals surface area contributed by atoms with Crippen LogP contribution in [0.3, 0.4) is 0 Å². The molecule has 1 heterocycles. The molecule has 7 heteroatoms. The van der Waals surface area contributed by atoms with E-state index in [1.807, 2.05) is 60.7 Å². The molecule has 3 aromatic carbocycles. The van der Waals surface area contributed by atoms with Gasteiger partial charge in [0, 0.05) is 19.5 Å². The van der Waals surface area contributed by atoms with Gasteiger partial charge in [0.25, 0.3) is 0 Å². The molecule has 0 saturated carbocycles. The van der Waals surface area contributed by atoms with Gasteiger partial charge >= 0.3 is 7.82 Å². The van der Waals surface area contributed by atoms with E-state index >= 15 is 0 Å². The zero-order valence-electron chi connectivity index (χ0n) is 26.5. The number of amides is 1. The molecule has 5 rings (SSSR count). The summed E-state index contributed by atoms with van der Waals surface area (Å²) in [7, 11) is -3.84. The van der Waals surface area contributed by atoms with Gasteiger partial charge in [-0.2, -0.15) is 0 Å². The number of likely N-dealkylation sites (tertiary alicyclic amines) is 1. The summed E-state index contributed by atoms with van der Waals surface area (Å²) >= 11 is 0. The van der Waals surface area contributed by atoms with E-state index in [9.17, 15) is 9.36 Å². The van der Waals surface area contributed by atoms with E-state index in [-0.39, 0.29) is 25.2 Å². The summed E-state index contributed by atoms with van der Waals surface area (Å²) < 4.78 is 30.8. The highest BCUT2D eigenvalue weighted by molar-refractivity contribution is 7.48. The Labute approximate surface area is 269 Å². The summed E-state index contributed by atoms with van der Waals surface area (Å²) in [6.45, 7) is 1.05. The lowest BCUT2D eigenvalue weighted by atomic mass is 9.93. The van der Waals surface area contributed by atoms with Gasteiger partial charge in [-0.15, -0.1) is 0 Å².